The van der Waals surface area contributed by atoms with Gasteiger partial charge in [-0.1, -0.05) is 32.9 Å². The minimum Gasteiger partial charge on any atom is -0.377 e. The first-order chi connectivity index (χ1) is 10.4. The van der Waals surface area contributed by atoms with Gasteiger partial charge < -0.3 is 15.8 Å². The summed E-state index contributed by atoms with van der Waals surface area (Å²) in [5.41, 5.74) is 7.45. The highest BCUT2D eigenvalue weighted by Crippen LogP contribution is 2.57. The first-order valence-electron chi connectivity index (χ1n) is 8.22. The molecule has 5 heteroatoms. The minimum absolute atomic E-state index is 0. The molecule has 1 heterocycles. The molecule has 1 amide bonds. The first kappa shape index (κ1) is 18.2. The van der Waals surface area contributed by atoms with E-state index in [0.29, 0.717) is 0 Å². The summed E-state index contributed by atoms with van der Waals surface area (Å²) in [5, 5.41) is 3.00. The van der Waals surface area contributed by atoms with Crippen molar-refractivity contribution in [3.63, 3.8) is 0 Å². The highest BCUT2D eigenvalue weighted by Gasteiger charge is 2.70. The van der Waals surface area contributed by atoms with Crippen molar-refractivity contribution in [3.8, 4) is 0 Å². The Morgan fingerprint density at radius 2 is 2.00 bits per heavy atom. The maximum atomic E-state index is 12.8. The van der Waals surface area contributed by atoms with Gasteiger partial charge in [0.25, 0.3) is 0 Å². The molecule has 1 aliphatic heterocycles. The van der Waals surface area contributed by atoms with Crippen LogP contribution < -0.4 is 11.1 Å². The number of benzene rings is 1. The molecule has 0 aromatic heterocycles. The average Bonchev–Trinajstić information content (AvgIpc) is 2.54. The zero-order chi connectivity index (χ0) is 16.0. The smallest absolute Gasteiger partial charge is 0.245 e. The van der Waals surface area contributed by atoms with Crippen molar-refractivity contribution in [1.29, 1.82) is 0 Å². The maximum absolute atomic E-state index is 12.8. The molecule has 4 nitrogen and oxygen atoms in total. The summed E-state index contributed by atoms with van der Waals surface area (Å²) in [4.78, 5) is 12.8. The fourth-order valence-electron chi connectivity index (χ4n) is 4.10. The SMILES string of the molecule is CCc1ccc(NC(=O)C2(N)C3CCCOC3C2(C)C)cc1.Cl. The molecule has 0 bridgehead atoms. The van der Waals surface area contributed by atoms with Gasteiger partial charge in [-0.05, 0) is 37.0 Å². The van der Waals surface area contributed by atoms with Crippen LogP contribution in [0.1, 0.15) is 39.2 Å². The summed E-state index contributed by atoms with van der Waals surface area (Å²) >= 11 is 0. The van der Waals surface area contributed by atoms with Crippen LogP contribution in [0.2, 0.25) is 0 Å². The molecule has 0 radical (unpaired) electrons. The zero-order valence-electron chi connectivity index (χ0n) is 14.1. The highest BCUT2D eigenvalue weighted by molar-refractivity contribution is 6.00. The van der Waals surface area contributed by atoms with Gasteiger partial charge in [0.1, 0.15) is 5.54 Å². The van der Waals surface area contributed by atoms with Crippen LogP contribution in [-0.2, 0) is 16.0 Å². The lowest BCUT2D eigenvalue weighted by molar-refractivity contribution is -0.222. The molecule has 3 atom stereocenters. The number of aryl methyl sites for hydroxylation is 1. The molecule has 23 heavy (non-hydrogen) atoms. The summed E-state index contributed by atoms with van der Waals surface area (Å²) in [6.07, 6.45) is 3.03. The van der Waals surface area contributed by atoms with Gasteiger partial charge in [0, 0.05) is 23.6 Å². The molecule has 1 saturated heterocycles. The summed E-state index contributed by atoms with van der Waals surface area (Å²) < 4.78 is 5.86. The maximum Gasteiger partial charge on any atom is 0.245 e. The second-order valence-electron chi connectivity index (χ2n) is 7.14. The van der Waals surface area contributed by atoms with E-state index in [0.717, 1.165) is 31.6 Å². The van der Waals surface area contributed by atoms with E-state index >= 15 is 0 Å². The molecular formula is C18H27ClN2O2. The minimum atomic E-state index is -0.860. The first-order valence-corrected chi connectivity index (χ1v) is 8.22. The van der Waals surface area contributed by atoms with Crippen molar-refractivity contribution in [2.24, 2.45) is 17.1 Å². The Morgan fingerprint density at radius 1 is 1.35 bits per heavy atom. The molecule has 2 fully saturated rings. The van der Waals surface area contributed by atoms with Crippen molar-refractivity contribution in [1.82, 2.24) is 0 Å². The zero-order valence-corrected chi connectivity index (χ0v) is 14.9. The number of amides is 1. The molecule has 128 valence electrons. The number of nitrogens with one attached hydrogen (secondary N) is 1. The Kier molecular flexibility index (Phi) is 5.09. The lowest BCUT2D eigenvalue weighted by Crippen LogP contribution is -2.81. The third-order valence-corrected chi connectivity index (χ3v) is 5.68. The van der Waals surface area contributed by atoms with E-state index in [1.165, 1.54) is 5.56 Å². The number of hydrogen-bond donors (Lipinski definition) is 2. The van der Waals surface area contributed by atoms with Gasteiger partial charge in [0.15, 0.2) is 0 Å². The molecule has 1 saturated carbocycles. The summed E-state index contributed by atoms with van der Waals surface area (Å²) in [5.74, 6) is 0.0275. The predicted molar refractivity (Wildman–Crippen MR) is 94.9 cm³/mol. The fraction of sp³-hybridized carbons (Fsp3) is 0.611. The topological polar surface area (TPSA) is 64.4 Å². The van der Waals surface area contributed by atoms with Crippen LogP contribution in [0, 0.1) is 11.3 Å². The molecule has 1 aliphatic carbocycles. The molecule has 2 aliphatic rings. The van der Waals surface area contributed by atoms with Crippen molar-refractivity contribution in [2.45, 2.75) is 51.7 Å². The monoisotopic (exact) mass is 338 g/mol. The third kappa shape index (κ3) is 2.67. The number of carbonyl (C=O) groups excluding carboxylic acids is 1. The van der Waals surface area contributed by atoms with Crippen molar-refractivity contribution in [3.05, 3.63) is 29.8 Å². The fourth-order valence-corrected chi connectivity index (χ4v) is 4.10. The van der Waals surface area contributed by atoms with Crippen LogP contribution in [0.25, 0.3) is 0 Å². The van der Waals surface area contributed by atoms with Crippen LogP contribution in [0.4, 0.5) is 5.69 Å². The number of fused-ring (bicyclic) bond motifs is 1. The summed E-state index contributed by atoms with van der Waals surface area (Å²) in [6, 6.07) is 7.97. The van der Waals surface area contributed by atoms with Crippen LogP contribution >= 0.6 is 12.4 Å². The van der Waals surface area contributed by atoms with E-state index in [2.05, 4.69) is 12.2 Å². The Bertz CT molecular complexity index is 573. The van der Waals surface area contributed by atoms with Gasteiger partial charge in [0.05, 0.1) is 6.10 Å². The van der Waals surface area contributed by atoms with E-state index < -0.39 is 5.54 Å². The number of hydrogen-bond acceptors (Lipinski definition) is 3. The number of anilines is 1. The molecule has 1 aromatic carbocycles. The van der Waals surface area contributed by atoms with Gasteiger partial charge in [-0.15, -0.1) is 12.4 Å². The van der Waals surface area contributed by atoms with Crippen molar-refractivity contribution in [2.75, 3.05) is 11.9 Å². The molecular weight excluding hydrogens is 312 g/mol. The quantitative estimate of drug-likeness (QED) is 0.889. The number of nitrogens with two attached hydrogens (primary N) is 1. The lowest BCUT2D eigenvalue weighted by atomic mass is 9.46. The van der Waals surface area contributed by atoms with Crippen molar-refractivity contribution < 1.29 is 9.53 Å². The van der Waals surface area contributed by atoms with E-state index in [4.69, 9.17) is 10.5 Å². The van der Waals surface area contributed by atoms with E-state index in [9.17, 15) is 4.79 Å². The van der Waals surface area contributed by atoms with Gasteiger partial charge in [-0.25, -0.2) is 0 Å². The van der Waals surface area contributed by atoms with Gasteiger partial charge in [0.2, 0.25) is 5.91 Å². The van der Waals surface area contributed by atoms with Crippen molar-refractivity contribution >= 4 is 24.0 Å². The second kappa shape index (κ2) is 6.42. The molecule has 3 unspecified atom stereocenters. The normalized spacial score (nSPS) is 31.3. The summed E-state index contributed by atoms with van der Waals surface area (Å²) in [7, 11) is 0. The van der Waals surface area contributed by atoms with Crippen LogP contribution in [0.3, 0.4) is 0 Å². The Morgan fingerprint density at radius 3 is 2.61 bits per heavy atom. The number of halogens is 1. The summed E-state index contributed by atoms with van der Waals surface area (Å²) in [6.45, 7) is 6.97. The van der Waals surface area contributed by atoms with E-state index in [-0.39, 0.29) is 35.8 Å². The molecule has 3 N–H and O–H groups in total. The molecule has 3 rings (SSSR count). The van der Waals surface area contributed by atoms with Crippen LogP contribution in [-0.4, -0.2) is 24.2 Å². The van der Waals surface area contributed by atoms with Crippen LogP contribution in [0.5, 0.6) is 0 Å². The Balaban J connectivity index is 0.00000192. The van der Waals surface area contributed by atoms with Gasteiger partial charge in [-0.2, -0.15) is 0 Å². The third-order valence-electron chi connectivity index (χ3n) is 5.68. The van der Waals surface area contributed by atoms with E-state index in [1.54, 1.807) is 0 Å². The van der Waals surface area contributed by atoms with Crippen LogP contribution in [0.15, 0.2) is 24.3 Å². The Hall–Kier alpha value is -1.10. The standard InChI is InChI=1S/C18H26N2O2.ClH/c1-4-12-7-9-13(10-8-12)20-16(21)18(19)14-6-5-11-22-15(14)17(18,2)3;/h7-10,14-15H,4-6,11,19H2,1-3H3,(H,20,21);1H. The number of carbonyl (C=O) groups is 1. The number of rotatable bonds is 3. The average molecular weight is 339 g/mol. The lowest BCUT2D eigenvalue weighted by Gasteiger charge is -2.65. The number of ether oxygens (including phenoxy) is 1. The predicted octanol–water partition coefficient (Wildman–Crippen LogP) is 3.14. The van der Waals surface area contributed by atoms with Gasteiger partial charge in [-0.3, -0.25) is 4.79 Å². The Labute approximate surface area is 144 Å². The highest BCUT2D eigenvalue weighted by atomic mass is 35.5. The largest absolute Gasteiger partial charge is 0.377 e. The molecule has 0 spiro atoms. The molecule has 1 aromatic rings. The second-order valence-corrected chi connectivity index (χ2v) is 7.14. The van der Waals surface area contributed by atoms with Gasteiger partial charge >= 0.3 is 0 Å². The van der Waals surface area contributed by atoms with E-state index in [1.807, 2.05) is 38.1 Å².